The maximum atomic E-state index is 4.27. The Labute approximate surface area is 68.2 Å². The highest BCUT2D eigenvalue weighted by molar-refractivity contribution is 5.71. The molecule has 1 rings (SSSR count). The van der Waals surface area contributed by atoms with E-state index in [0.717, 1.165) is 0 Å². The number of nitrogens with zero attached hydrogens (tertiary/aromatic N) is 2. The standard InChI is InChI=1S/C7H13N2.ClH/c1-7(2)9(3)6-4-5-8-9;/h4-7H,1-3H3;1H/q+1;/p-1. The SMILES string of the molecule is CC(C)[N+]1(C)C=CC=N1.[Cl-]. The van der Waals surface area contributed by atoms with Gasteiger partial charge < -0.3 is 12.4 Å². The minimum atomic E-state index is 0. The van der Waals surface area contributed by atoms with Crippen LogP contribution < -0.4 is 12.4 Å². The normalized spacial score (nSPS) is 29.2. The van der Waals surface area contributed by atoms with E-state index in [1.807, 2.05) is 12.3 Å². The third-order valence-electron chi connectivity index (χ3n) is 1.83. The van der Waals surface area contributed by atoms with E-state index in [4.69, 9.17) is 0 Å². The first-order valence-electron chi connectivity index (χ1n) is 3.24. The van der Waals surface area contributed by atoms with E-state index in [-0.39, 0.29) is 12.4 Å². The van der Waals surface area contributed by atoms with Crippen LogP contribution in [-0.2, 0) is 0 Å². The van der Waals surface area contributed by atoms with Gasteiger partial charge in [-0.2, -0.15) is 4.59 Å². The third-order valence-corrected chi connectivity index (χ3v) is 1.83. The summed E-state index contributed by atoms with van der Waals surface area (Å²) in [5.41, 5.74) is 0. The Bertz CT molecular complexity index is 149. The van der Waals surface area contributed by atoms with Crippen molar-refractivity contribution in [1.29, 1.82) is 0 Å². The molecule has 0 aromatic rings. The first-order valence-corrected chi connectivity index (χ1v) is 3.24. The molecule has 0 aromatic heterocycles. The van der Waals surface area contributed by atoms with Crippen molar-refractivity contribution in [3.8, 4) is 0 Å². The monoisotopic (exact) mass is 160 g/mol. The van der Waals surface area contributed by atoms with Gasteiger partial charge in [-0.25, -0.2) is 0 Å². The zero-order valence-corrected chi connectivity index (χ0v) is 7.34. The zero-order valence-electron chi connectivity index (χ0n) is 6.58. The number of quaternary nitrogens is 1. The predicted octanol–water partition coefficient (Wildman–Crippen LogP) is -1.64. The average molecular weight is 161 g/mol. The van der Waals surface area contributed by atoms with Crippen LogP contribution in [0, 0.1) is 0 Å². The molecular formula is C7H13ClN2. The molecule has 0 saturated carbocycles. The van der Waals surface area contributed by atoms with Crippen molar-refractivity contribution in [3.63, 3.8) is 0 Å². The quantitative estimate of drug-likeness (QED) is 0.408. The van der Waals surface area contributed by atoms with Gasteiger partial charge in [-0.05, 0) is 13.8 Å². The maximum Gasteiger partial charge on any atom is 0.124 e. The zero-order chi connectivity index (χ0) is 6.91. The summed E-state index contributed by atoms with van der Waals surface area (Å²) in [4.78, 5) is 0. The van der Waals surface area contributed by atoms with Gasteiger partial charge in [0.2, 0.25) is 0 Å². The van der Waals surface area contributed by atoms with Gasteiger partial charge >= 0.3 is 0 Å². The van der Waals surface area contributed by atoms with Crippen molar-refractivity contribution in [1.82, 2.24) is 0 Å². The molecule has 1 atom stereocenters. The fourth-order valence-corrected chi connectivity index (χ4v) is 0.739. The lowest BCUT2D eigenvalue weighted by Gasteiger charge is -2.24. The van der Waals surface area contributed by atoms with E-state index in [0.29, 0.717) is 10.6 Å². The van der Waals surface area contributed by atoms with Gasteiger partial charge in [0.1, 0.15) is 12.2 Å². The number of halogens is 1. The minimum Gasteiger partial charge on any atom is -1.00 e. The Morgan fingerprint density at radius 2 is 2.00 bits per heavy atom. The van der Waals surface area contributed by atoms with E-state index in [9.17, 15) is 0 Å². The second-order valence-electron chi connectivity index (χ2n) is 2.80. The van der Waals surface area contributed by atoms with Crippen molar-refractivity contribution in [3.05, 3.63) is 12.3 Å². The largest absolute Gasteiger partial charge is 1.00 e. The molecule has 0 aliphatic carbocycles. The lowest BCUT2D eigenvalue weighted by atomic mass is 10.3. The van der Waals surface area contributed by atoms with Gasteiger partial charge in [-0.1, -0.05) is 5.10 Å². The van der Waals surface area contributed by atoms with Crippen molar-refractivity contribution >= 4 is 6.21 Å². The number of hydrogen-bond acceptors (Lipinski definition) is 1. The molecule has 1 heterocycles. The van der Waals surface area contributed by atoms with Gasteiger partial charge in [0.25, 0.3) is 0 Å². The molecule has 0 radical (unpaired) electrons. The molecule has 3 heteroatoms. The molecule has 0 spiro atoms. The molecule has 0 aromatic carbocycles. The van der Waals surface area contributed by atoms with Crippen LogP contribution in [0.25, 0.3) is 0 Å². The molecule has 58 valence electrons. The van der Waals surface area contributed by atoms with Gasteiger partial charge in [0, 0.05) is 6.08 Å². The first-order chi connectivity index (χ1) is 4.15. The van der Waals surface area contributed by atoms with Gasteiger partial charge in [-0.15, -0.1) is 0 Å². The highest BCUT2D eigenvalue weighted by Gasteiger charge is 2.24. The Kier molecular flexibility index (Phi) is 3.06. The van der Waals surface area contributed by atoms with Crippen molar-refractivity contribution in [2.24, 2.45) is 5.10 Å². The topological polar surface area (TPSA) is 12.4 Å². The van der Waals surface area contributed by atoms with Gasteiger partial charge in [0.05, 0.1) is 13.3 Å². The minimum absolute atomic E-state index is 0. The van der Waals surface area contributed by atoms with Crippen LogP contribution in [0.15, 0.2) is 17.4 Å². The summed E-state index contributed by atoms with van der Waals surface area (Å²) >= 11 is 0. The molecule has 1 aliphatic rings. The Morgan fingerprint density at radius 1 is 1.40 bits per heavy atom. The third kappa shape index (κ3) is 1.58. The molecule has 10 heavy (non-hydrogen) atoms. The van der Waals surface area contributed by atoms with Crippen molar-refractivity contribution < 1.29 is 17.0 Å². The molecule has 1 aliphatic heterocycles. The fourth-order valence-electron chi connectivity index (χ4n) is 0.739. The van der Waals surface area contributed by atoms with Crippen LogP contribution >= 0.6 is 0 Å². The van der Waals surface area contributed by atoms with Crippen molar-refractivity contribution in [2.45, 2.75) is 19.9 Å². The van der Waals surface area contributed by atoms with E-state index < -0.39 is 0 Å². The summed E-state index contributed by atoms with van der Waals surface area (Å²) in [6.07, 6.45) is 5.92. The Morgan fingerprint density at radius 3 is 2.20 bits per heavy atom. The number of rotatable bonds is 1. The summed E-state index contributed by atoms with van der Waals surface area (Å²) in [5, 5.41) is 4.27. The average Bonchev–Trinajstić information content (AvgIpc) is 2.16. The van der Waals surface area contributed by atoms with Crippen molar-refractivity contribution in [2.75, 3.05) is 7.05 Å². The number of hydrogen-bond donors (Lipinski definition) is 0. The highest BCUT2D eigenvalue weighted by Crippen LogP contribution is 2.14. The van der Waals surface area contributed by atoms with E-state index in [1.54, 1.807) is 0 Å². The maximum absolute atomic E-state index is 4.27. The Balaban J connectivity index is 0.000000810. The molecular weight excluding hydrogens is 148 g/mol. The van der Waals surface area contributed by atoms with Crippen LogP contribution in [0.3, 0.4) is 0 Å². The molecule has 0 N–H and O–H groups in total. The second kappa shape index (κ2) is 3.17. The smallest absolute Gasteiger partial charge is 0.124 e. The van der Waals surface area contributed by atoms with E-state index in [2.05, 4.69) is 32.2 Å². The molecule has 2 nitrogen and oxygen atoms in total. The molecule has 1 unspecified atom stereocenters. The molecule has 0 bridgehead atoms. The molecule has 0 amide bonds. The highest BCUT2D eigenvalue weighted by atomic mass is 35.5. The summed E-state index contributed by atoms with van der Waals surface area (Å²) in [7, 11) is 2.09. The Hall–Kier alpha value is -0.340. The fraction of sp³-hybridized carbons (Fsp3) is 0.571. The van der Waals surface area contributed by atoms with Gasteiger partial charge in [0.15, 0.2) is 0 Å². The predicted molar refractivity (Wildman–Crippen MR) is 39.0 cm³/mol. The van der Waals surface area contributed by atoms with Crippen LogP contribution in [0.5, 0.6) is 0 Å². The molecule has 0 fully saturated rings. The first kappa shape index (κ1) is 9.66. The van der Waals surface area contributed by atoms with E-state index in [1.165, 1.54) is 0 Å². The lowest BCUT2D eigenvalue weighted by molar-refractivity contribution is -0.885. The summed E-state index contributed by atoms with van der Waals surface area (Å²) in [6.45, 7) is 4.32. The van der Waals surface area contributed by atoms with E-state index >= 15 is 0 Å². The summed E-state index contributed by atoms with van der Waals surface area (Å²) in [6, 6.07) is 0.542. The van der Waals surface area contributed by atoms with Crippen LogP contribution in [-0.4, -0.2) is 23.9 Å². The van der Waals surface area contributed by atoms with Gasteiger partial charge in [-0.3, -0.25) is 0 Å². The summed E-state index contributed by atoms with van der Waals surface area (Å²) in [5.74, 6) is 0. The van der Waals surface area contributed by atoms with Crippen LogP contribution in [0.1, 0.15) is 13.8 Å². The molecule has 0 saturated heterocycles. The van der Waals surface area contributed by atoms with Crippen LogP contribution in [0.2, 0.25) is 0 Å². The second-order valence-corrected chi connectivity index (χ2v) is 2.80. The number of allylic oxidation sites excluding steroid dienone is 1. The van der Waals surface area contributed by atoms with Crippen LogP contribution in [0.4, 0.5) is 0 Å². The lowest BCUT2D eigenvalue weighted by Crippen LogP contribution is -3.00. The summed E-state index contributed by atoms with van der Waals surface area (Å²) < 4.78 is 0.694.